The molecular weight excluding hydrogens is 328 g/mol. The van der Waals surface area contributed by atoms with Gasteiger partial charge in [-0.15, -0.1) is 0 Å². The third-order valence-corrected chi connectivity index (χ3v) is 4.61. The van der Waals surface area contributed by atoms with Gasteiger partial charge in [-0.05, 0) is 20.8 Å². The molecule has 26 heavy (non-hydrogen) atoms. The number of nitrogens with one attached hydrogen (secondary N) is 1. The molecule has 0 bridgehead atoms. The fourth-order valence-electron chi connectivity index (χ4n) is 3.33. The van der Waals surface area contributed by atoms with Gasteiger partial charge in [0.25, 0.3) is 5.78 Å². The lowest BCUT2D eigenvalue weighted by Gasteiger charge is -2.32. The van der Waals surface area contributed by atoms with Gasteiger partial charge in [-0.1, -0.05) is 30.3 Å². The Morgan fingerprint density at radius 3 is 2.65 bits per heavy atom. The van der Waals surface area contributed by atoms with Crippen LogP contribution in [0.2, 0.25) is 0 Å². The first-order valence-corrected chi connectivity index (χ1v) is 8.75. The van der Waals surface area contributed by atoms with Crippen molar-refractivity contribution in [3.8, 4) is 11.3 Å². The molecule has 0 radical (unpaired) electrons. The van der Waals surface area contributed by atoms with Crippen molar-refractivity contribution in [3.05, 3.63) is 42.7 Å². The number of aromatic nitrogens is 4. The largest absolute Gasteiger partial charge is 0.365 e. The average Bonchev–Trinajstić information content (AvgIpc) is 3.21. The Balaban J connectivity index is 1.67. The van der Waals surface area contributed by atoms with Crippen molar-refractivity contribution in [1.82, 2.24) is 24.5 Å². The van der Waals surface area contributed by atoms with Crippen LogP contribution in [-0.2, 0) is 4.79 Å². The van der Waals surface area contributed by atoms with Crippen molar-refractivity contribution < 1.29 is 4.79 Å². The molecule has 0 saturated carbocycles. The quantitative estimate of drug-likeness (QED) is 0.786. The van der Waals surface area contributed by atoms with Crippen molar-refractivity contribution in [2.45, 2.75) is 38.8 Å². The second kappa shape index (κ2) is 6.09. The van der Waals surface area contributed by atoms with Gasteiger partial charge < -0.3 is 10.2 Å². The van der Waals surface area contributed by atoms with Gasteiger partial charge in [0.15, 0.2) is 0 Å². The highest BCUT2D eigenvalue weighted by Crippen LogP contribution is 2.26. The number of hydrogen-bond acceptors (Lipinski definition) is 5. The lowest BCUT2D eigenvalue weighted by molar-refractivity contribution is -0.131. The van der Waals surface area contributed by atoms with Crippen molar-refractivity contribution >= 4 is 17.5 Å². The van der Waals surface area contributed by atoms with Crippen molar-refractivity contribution in [1.29, 1.82) is 0 Å². The molecule has 1 aliphatic heterocycles. The number of anilines is 1. The molecular formula is C19H22N6O. The zero-order valence-corrected chi connectivity index (χ0v) is 15.2. The van der Waals surface area contributed by atoms with E-state index in [1.807, 2.05) is 41.3 Å². The van der Waals surface area contributed by atoms with Gasteiger partial charge in [-0.25, -0.2) is 4.98 Å². The predicted octanol–water partition coefficient (Wildman–Crippen LogP) is 2.60. The Kier molecular flexibility index (Phi) is 3.86. The molecule has 1 atom stereocenters. The smallest absolute Gasteiger partial charge is 0.254 e. The Morgan fingerprint density at radius 1 is 1.19 bits per heavy atom. The van der Waals surface area contributed by atoms with Crippen LogP contribution in [0.1, 0.15) is 27.2 Å². The molecule has 7 nitrogen and oxygen atoms in total. The number of carbonyl (C=O) groups excluding carboxylic acids is 1. The van der Waals surface area contributed by atoms with Gasteiger partial charge in [0.05, 0.1) is 11.7 Å². The number of benzene rings is 1. The molecule has 1 N–H and O–H groups in total. The molecule has 0 aliphatic carbocycles. The number of hydrogen-bond donors (Lipinski definition) is 1. The number of likely N-dealkylation sites (tertiary alicyclic amines) is 1. The van der Waals surface area contributed by atoms with Crippen LogP contribution in [0.25, 0.3) is 17.0 Å². The minimum Gasteiger partial charge on any atom is -0.365 e. The molecule has 1 saturated heterocycles. The van der Waals surface area contributed by atoms with E-state index in [4.69, 9.17) is 0 Å². The monoisotopic (exact) mass is 350 g/mol. The maximum Gasteiger partial charge on any atom is 0.254 e. The Labute approximate surface area is 152 Å². The summed E-state index contributed by atoms with van der Waals surface area (Å²) in [6.45, 7) is 6.84. The first kappa shape index (κ1) is 16.5. The van der Waals surface area contributed by atoms with Crippen LogP contribution in [0.3, 0.4) is 0 Å². The molecule has 1 amide bonds. The summed E-state index contributed by atoms with van der Waals surface area (Å²) >= 11 is 0. The van der Waals surface area contributed by atoms with Crippen LogP contribution in [-0.4, -0.2) is 48.5 Å². The van der Waals surface area contributed by atoms with Crippen molar-refractivity contribution in [2.75, 3.05) is 11.9 Å². The predicted molar refractivity (Wildman–Crippen MR) is 99.7 cm³/mol. The zero-order valence-electron chi connectivity index (χ0n) is 15.2. The Bertz CT molecular complexity index is 944. The van der Waals surface area contributed by atoms with Crippen LogP contribution in [0, 0.1) is 0 Å². The van der Waals surface area contributed by atoms with E-state index < -0.39 is 0 Å². The van der Waals surface area contributed by atoms with Gasteiger partial charge in [-0.3, -0.25) is 4.79 Å². The SMILES string of the molecule is CC(C)(C)N1CC(Nc2cc(-c3ccccc3)nc3ncnn23)CC1=O. The van der Waals surface area contributed by atoms with Gasteiger partial charge >= 0.3 is 0 Å². The second-order valence-corrected chi connectivity index (χ2v) is 7.59. The summed E-state index contributed by atoms with van der Waals surface area (Å²) in [7, 11) is 0. The van der Waals surface area contributed by atoms with Gasteiger partial charge in [0, 0.05) is 30.1 Å². The molecule has 2 aromatic heterocycles. The fourth-order valence-corrected chi connectivity index (χ4v) is 3.33. The normalized spacial score (nSPS) is 17.9. The summed E-state index contributed by atoms with van der Waals surface area (Å²) in [6.07, 6.45) is 1.96. The topological polar surface area (TPSA) is 75.4 Å². The molecule has 3 heterocycles. The molecule has 4 rings (SSSR count). The fraction of sp³-hybridized carbons (Fsp3) is 0.368. The summed E-state index contributed by atoms with van der Waals surface area (Å²) in [5.41, 5.74) is 1.66. The molecule has 1 unspecified atom stereocenters. The van der Waals surface area contributed by atoms with E-state index in [1.165, 1.54) is 6.33 Å². The molecule has 134 valence electrons. The summed E-state index contributed by atoms with van der Waals surface area (Å²) in [5, 5.41) is 7.73. The van der Waals surface area contributed by atoms with Crippen molar-refractivity contribution in [3.63, 3.8) is 0 Å². The second-order valence-electron chi connectivity index (χ2n) is 7.59. The van der Waals surface area contributed by atoms with Gasteiger partial charge in [0.2, 0.25) is 5.91 Å². The lowest BCUT2D eigenvalue weighted by atomic mass is 10.1. The van der Waals surface area contributed by atoms with E-state index in [0.29, 0.717) is 18.7 Å². The van der Waals surface area contributed by atoms with E-state index in [-0.39, 0.29) is 17.5 Å². The minimum atomic E-state index is -0.177. The number of rotatable bonds is 3. The van der Waals surface area contributed by atoms with Crippen LogP contribution < -0.4 is 5.32 Å². The zero-order chi connectivity index (χ0) is 18.3. The molecule has 1 aliphatic rings. The summed E-state index contributed by atoms with van der Waals surface area (Å²) in [6, 6.07) is 12.0. The molecule has 1 aromatic carbocycles. The highest BCUT2D eigenvalue weighted by molar-refractivity contribution is 5.81. The molecule has 7 heteroatoms. The van der Waals surface area contributed by atoms with E-state index >= 15 is 0 Å². The first-order valence-electron chi connectivity index (χ1n) is 8.75. The lowest BCUT2D eigenvalue weighted by Crippen LogP contribution is -2.43. The third-order valence-electron chi connectivity index (χ3n) is 4.61. The number of amides is 1. The van der Waals surface area contributed by atoms with E-state index in [9.17, 15) is 4.79 Å². The number of nitrogens with zero attached hydrogens (tertiary/aromatic N) is 5. The Morgan fingerprint density at radius 2 is 1.96 bits per heavy atom. The highest BCUT2D eigenvalue weighted by atomic mass is 16.2. The average molecular weight is 350 g/mol. The maximum absolute atomic E-state index is 12.4. The maximum atomic E-state index is 12.4. The van der Waals surface area contributed by atoms with Crippen LogP contribution >= 0.6 is 0 Å². The number of carbonyl (C=O) groups is 1. The van der Waals surface area contributed by atoms with E-state index in [1.54, 1.807) is 4.52 Å². The van der Waals surface area contributed by atoms with Crippen LogP contribution in [0.4, 0.5) is 5.82 Å². The summed E-state index contributed by atoms with van der Waals surface area (Å²) in [4.78, 5) is 23.1. The standard InChI is InChI=1S/C19H22N6O/c1-19(2,3)24-11-14(9-17(24)26)22-16-10-15(13-7-5-4-6-8-13)23-18-20-12-21-25(16)18/h4-8,10,12,14,22H,9,11H2,1-3H3. The van der Waals surface area contributed by atoms with E-state index in [2.05, 4.69) is 41.2 Å². The van der Waals surface area contributed by atoms with Crippen LogP contribution in [0.5, 0.6) is 0 Å². The molecule has 1 fully saturated rings. The Hall–Kier alpha value is -2.96. The van der Waals surface area contributed by atoms with Crippen molar-refractivity contribution in [2.24, 2.45) is 0 Å². The summed E-state index contributed by atoms with van der Waals surface area (Å²) in [5.74, 6) is 1.49. The minimum absolute atomic E-state index is 0.0279. The first-order chi connectivity index (χ1) is 12.4. The third kappa shape index (κ3) is 3.00. The van der Waals surface area contributed by atoms with Crippen LogP contribution in [0.15, 0.2) is 42.7 Å². The molecule has 3 aromatic rings. The van der Waals surface area contributed by atoms with Gasteiger partial charge in [-0.2, -0.15) is 14.6 Å². The molecule has 0 spiro atoms. The number of fused-ring (bicyclic) bond motifs is 1. The summed E-state index contributed by atoms with van der Waals surface area (Å²) < 4.78 is 1.68. The van der Waals surface area contributed by atoms with Gasteiger partial charge in [0.1, 0.15) is 12.1 Å². The van der Waals surface area contributed by atoms with E-state index in [0.717, 1.165) is 17.1 Å². The highest BCUT2D eigenvalue weighted by Gasteiger charge is 2.36.